The molecular formula is C11H8N2O3S3. The summed E-state index contributed by atoms with van der Waals surface area (Å²) < 4.78 is 0.487. The minimum Gasteiger partial charge on any atom is -0.363 e. The number of carbonyl (C=O) groups is 3. The molecule has 98 valence electrons. The first-order chi connectivity index (χ1) is 8.90. The van der Waals surface area contributed by atoms with E-state index in [0.717, 1.165) is 11.3 Å². The fourth-order valence-electron chi connectivity index (χ4n) is 1.35. The summed E-state index contributed by atoms with van der Waals surface area (Å²) in [4.78, 5) is 36.8. The second-order valence-corrected chi connectivity index (χ2v) is 6.43. The van der Waals surface area contributed by atoms with E-state index in [1.165, 1.54) is 22.7 Å². The van der Waals surface area contributed by atoms with Crippen LogP contribution in [0.4, 0.5) is 0 Å². The van der Waals surface area contributed by atoms with Crippen LogP contribution in [-0.2, 0) is 9.59 Å². The molecule has 0 aliphatic carbocycles. The maximum atomic E-state index is 11.8. The van der Waals surface area contributed by atoms with Crippen LogP contribution in [-0.4, -0.2) is 33.9 Å². The van der Waals surface area contributed by atoms with E-state index in [1.54, 1.807) is 19.2 Å². The van der Waals surface area contributed by atoms with Crippen molar-refractivity contribution in [3.8, 4) is 0 Å². The van der Waals surface area contributed by atoms with Crippen LogP contribution in [0.3, 0.4) is 0 Å². The van der Waals surface area contributed by atoms with E-state index in [1.807, 2.05) is 0 Å². The third-order valence-corrected chi connectivity index (χ3v) is 4.85. The first-order valence-electron chi connectivity index (χ1n) is 5.05. The third kappa shape index (κ3) is 2.75. The zero-order chi connectivity index (χ0) is 14.2. The van der Waals surface area contributed by atoms with Gasteiger partial charge in [-0.1, -0.05) is 24.0 Å². The lowest BCUT2D eigenvalue weighted by Crippen LogP contribution is -2.22. The number of rotatable bonds is 3. The van der Waals surface area contributed by atoms with Gasteiger partial charge in [-0.05, 0) is 18.2 Å². The summed E-state index contributed by atoms with van der Waals surface area (Å²) in [5, 5.41) is 0. The Labute approximate surface area is 122 Å². The number of likely N-dealkylation sites (N-methyl/N-ethyl adjacent to an activating group) is 1. The highest BCUT2D eigenvalue weighted by Gasteiger charge is 2.28. The van der Waals surface area contributed by atoms with Crippen molar-refractivity contribution in [1.29, 1.82) is 0 Å². The van der Waals surface area contributed by atoms with Crippen LogP contribution in [0.25, 0.3) is 6.08 Å². The Balaban J connectivity index is 2.26. The van der Waals surface area contributed by atoms with Gasteiger partial charge in [-0.25, -0.2) is 0 Å². The number of ketones is 1. The molecule has 19 heavy (non-hydrogen) atoms. The highest BCUT2D eigenvalue weighted by molar-refractivity contribution is 8.26. The van der Waals surface area contributed by atoms with Gasteiger partial charge in [0.05, 0.1) is 9.78 Å². The Morgan fingerprint density at radius 3 is 2.63 bits per heavy atom. The molecule has 0 spiro atoms. The van der Waals surface area contributed by atoms with Gasteiger partial charge < -0.3 is 5.73 Å². The molecule has 0 saturated carbocycles. The number of thiocarbonyl (C=S) groups is 1. The van der Waals surface area contributed by atoms with E-state index in [4.69, 9.17) is 18.0 Å². The van der Waals surface area contributed by atoms with Gasteiger partial charge in [0.1, 0.15) is 4.32 Å². The fourth-order valence-corrected chi connectivity index (χ4v) is 3.49. The molecule has 0 unspecified atom stereocenters. The van der Waals surface area contributed by atoms with E-state index in [0.29, 0.717) is 14.1 Å². The van der Waals surface area contributed by atoms with Crippen molar-refractivity contribution in [2.24, 2.45) is 5.73 Å². The van der Waals surface area contributed by atoms with Crippen molar-refractivity contribution >= 4 is 63.3 Å². The molecule has 1 saturated heterocycles. The summed E-state index contributed by atoms with van der Waals surface area (Å²) in [6, 6.07) is 3.17. The topological polar surface area (TPSA) is 80.5 Å². The molecule has 2 N–H and O–H groups in total. The Morgan fingerprint density at radius 1 is 1.42 bits per heavy atom. The summed E-state index contributed by atoms with van der Waals surface area (Å²) >= 11 is 7.31. The monoisotopic (exact) mass is 312 g/mol. The van der Waals surface area contributed by atoms with Crippen LogP contribution in [0.1, 0.15) is 14.5 Å². The summed E-state index contributed by atoms with van der Waals surface area (Å²) in [5.41, 5.74) is 4.92. The number of amides is 2. The van der Waals surface area contributed by atoms with Crippen LogP contribution >= 0.6 is 35.3 Å². The molecule has 2 heterocycles. The number of hydrogen-bond donors (Lipinski definition) is 1. The number of thioether (sulfide) groups is 1. The molecule has 0 bridgehead atoms. The second-order valence-electron chi connectivity index (χ2n) is 3.64. The third-order valence-electron chi connectivity index (χ3n) is 2.33. The van der Waals surface area contributed by atoms with Crippen molar-refractivity contribution in [3.63, 3.8) is 0 Å². The Hall–Kier alpha value is -1.51. The van der Waals surface area contributed by atoms with Gasteiger partial charge in [0.15, 0.2) is 0 Å². The summed E-state index contributed by atoms with van der Waals surface area (Å²) in [6.45, 7) is 0. The molecule has 0 aromatic carbocycles. The first-order valence-corrected chi connectivity index (χ1v) is 7.10. The van der Waals surface area contributed by atoms with Crippen LogP contribution in [0.5, 0.6) is 0 Å². The van der Waals surface area contributed by atoms with Gasteiger partial charge in [-0.2, -0.15) is 0 Å². The largest absolute Gasteiger partial charge is 0.363 e. The van der Waals surface area contributed by atoms with Crippen molar-refractivity contribution in [1.82, 2.24) is 4.90 Å². The predicted octanol–water partition coefficient (Wildman–Crippen LogP) is 1.25. The van der Waals surface area contributed by atoms with Gasteiger partial charge in [0, 0.05) is 11.9 Å². The maximum Gasteiger partial charge on any atom is 0.290 e. The molecule has 2 amide bonds. The highest BCUT2D eigenvalue weighted by atomic mass is 32.2. The average molecular weight is 312 g/mol. The molecule has 1 fully saturated rings. The molecular weight excluding hydrogens is 304 g/mol. The summed E-state index contributed by atoms with van der Waals surface area (Å²) in [7, 11) is 1.61. The van der Waals surface area contributed by atoms with Crippen LogP contribution in [0.2, 0.25) is 0 Å². The molecule has 5 nitrogen and oxygen atoms in total. The molecule has 1 aromatic heterocycles. The number of nitrogens with two attached hydrogens (primary N) is 1. The lowest BCUT2D eigenvalue weighted by molar-refractivity contribution is -0.121. The molecule has 1 aliphatic rings. The Bertz CT molecular complexity index is 633. The minimum atomic E-state index is -0.992. The van der Waals surface area contributed by atoms with E-state index < -0.39 is 11.7 Å². The van der Waals surface area contributed by atoms with E-state index in [-0.39, 0.29) is 10.8 Å². The van der Waals surface area contributed by atoms with Crippen molar-refractivity contribution in [2.45, 2.75) is 0 Å². The van der Waals surface area contributed by atoms with Gasteiger partial charge >= 0.3 is 0 Å². The molecule has 0 radical (unpaired) electrons. The van der Waals surface area contributed by atoms with Gasteiger partial charge in [-0.3, -0.25) is 19.3 Å². The van der Waals surface area contributed by atoms with Gasteiger partial charge in [0.2, 0.25) is 0 Å². The molecule has 0 atom stereocenters. The van der Waals surface area contributed by atoms with Crippen molar-refractivity contribution in [3.05, 3.63) is 26.8 Å². The molecule has 1 aromatic rings. The first kappa shape index (κ1) is 13.9. The van der Waals surface area contributed by atoms with Gasteiger partial charge in [0.25, 0.3) is 17.6 Å². The zero-order valence-electron chi connectivity index (χ0n) is 9.71. The van der Waals surface area contributed by atoms with Crippen molar-refractivity contribution in [2.75, 3.05) is 7.05 Å². The minimum absolute atomic E-state index is 0.175. The number of carbonyl (C=O) groups excluding carboxylic acids is 3. The van der Waals surface area contributed by atoms with Crippen LogP contribution in [0, 0.1) is 0 Å². The van der Waals surface area contributed by atoms with Crippen LogP contribution < -0.4 is 5.73 Å². The lowest BCUT2D eigenvalue weighted by Gasteiger charge is -2.03. The van der Waals surface area contributed by atoms with Gasteiger partial charge in [-0.15, -0.1) is 11.3 Å². The molecule has 1 aliphatic heterocycles. The quantitative estimate of drug-likeness (QED) is 0.393. The molecule has 2 rings (SSSR count). The average Bonchev–Trinajstić information content (AvgIpc) is 2.91. The maximum absolute atomic E-state index is 11.8. The van der Waals surface area contributed by atoms with E-state index in [2.05, 4.69) is 0 Å². The number of Topliss-reactive ketones (excluding diaryl/α,β-unsaturated/α-hetero) is 1. The number of thiophene rings is 1. The SMILES string of the molecule is CN1C(=O)/C(=C/c2ccc(C(=O)C(N)=O)s2)SC1=S. The fraction of sp³-hybridized carbons (Fsp3) is 0.0909. The molecule has 8 heteroatoms. The summed E-state index contributed by atoms with van der Waals surface area (Å²) in [6.07, 6.45) is 1.64. The Morgan fingerprint density at radius 2 is 2.11 bits per heavy atom. The van der Waals surface area contributed by atoms with Crippen LogP contribution in [0.15, 0.2) is 17.0 Å². The highest BCUT2D eigenvalue weighted by Crippen LogP contribution is 2.32. The predicted molar refractivity (Wildman–Crippen MR) is 78.8 cm³/mol. The standard InChI is InChI=1S/C11H8N2O3S3/c1-13-10(16)7(19-11(13)17)4-5-2-3-6(18-5)8(14)9(12)15/h2-4H,1H3,(H2,12,15)/b7-4-. The summed E-state index contributed by atoms with van der Waals surface area (Å²) in [5.74, 6) is -1.90. The number of primary amides is 1. The zero-order valence-corrected chi connectivity index (χ0v) is 12.2. The lowest BCUT2D eigenvalue weighted by atomic mass is 10.3. The smallest absolute Gasteiger partial charge is 0.290 e. The normalized spacial score (nSPS) is 17.3. The number of nitrogens with zero attached hydrogens (tertiary/aromatic N) is 1. The van der Waals surface area contributed by atoms with Crippen molar-refractivity contribution < 1.29 is 14.4 Å². The Kier molecular flexibility index (Phi) is 3.83. The number of hydrogen-bond acceptors (Lipinski definition) is 6. The second kappa shape index (κ2) is 5.24. The van der Waals surface area contributed by atoms with E-state index in [9.17, 15) is 14.4 Å². The van der Waals surface area contributed by atoms with E-state index >= 15 is 0 Å².